The van der Waals surface area contributed by atoms with Gasteiger partial charge in [-0.3, -0.25) is 4.79 Å². The third-order valence-corrected chi connectivity index (χ3v) is 6.25. The number of aromatic nitrogens is 3. The third kappa shape index (κ3) is 3.45. The van der Waals surface area contributed by atoms with Crippen LogP contribution in [0.1, 0.15) is 5.56 Å². The monoisotopic (exact) mass is 408 g/mol. The van der Waals surface area contributed by atoms with Crippen LogP contribution in [0.15, 0.2) is 64.5 Å². The molecule has 0 fully saturated rings. The van der Waals surface area contributed by atoms with Gasteiger partial charge in [-0.1, -0.05) is 54.2 Å². The van der Waals surface area contributed by atoms with E-state index in [2.05, 4.69) is 9.97 Å². The Kier molecular flexibility index (Phi) is 4.90. The van der Waals surface area contributed by atoms with Crippen molar-refractivity contribution in [3.8, 4) is 17.3 Å². The van der Waals surface area contributed by atoms with Gasteiger partial charge in [0.15, 0.2) is 9.11 Å². The van der Waals surface area contributed by atoms with Gasteiger partial charge in [-0.05, 0) is 24.4 Å². The summed E-state index contributed by atoms with van der Waals surface area (Å²) in [6.07, 6.45) is 0. The van der Waals surface area contributed by atoms with Crippen molar-refractivity contribution in [3.63, 3.8) is 0 Å². The van der Waals surface area contributed by atoms with E-state index in [4.69, 9.17) is 12.2 Å². The van der Waals surface area contributed by atoms with Crippen LogP contribution in [0.5, 0.6) is 0 Å². The average molecular weight is 409 g/mol. The zero-order chi connectivity index (χ0) is 18.8. The molecule has 0 radical (unpaired) electrons. The maximum atomic E-state index is 12.3. The van der Waals surface area contributed by atoms with Crippen LogP contribution in [0.25, 0.3) is 21.5 Å². The molecule has 0 bridgehead atoms. The second-order valence-electron chi connectivity index (χ2n) is 5.61. The van der Waals surface area contributed by atoms with Gasteiger partial charge >= 0.3 is 0 Å². The maximum Gasteiger partial charge on any atom is 0.270 e. The van der Waals surface area contributed by atoms with Gasteiger partial charge in [0.05, 0.1) is 21.8 Å². The lowest BCUT2D eigenvalue weighted by molar-refractivity contribution is 0.898. The number of benzene rings is 2. The number of nitrogens with one attached hydrogen (secondary N) is 1. The number of nitrogens with zero attached hydrogens (tertiary/aromatic N) is 3. The number of thioether (sulfide) groups is 1. The molecule has 0 saturated carbocycles. The van der Waals surface area contributed by atoms with Gasteiger partial charge in [0.25, 0.3) is 5.56 Å². The molecule has 0 aliphatic carbocycles. The Balaban J connectivity index is 1.72. The molecule has 0 spiro atoms. The average Bonchev–Trinajstić information content (AvgIpc) is 3.01. The lowest BCUT2D eigenvalue weighted by atomic mass is 10.1. The number of fused-ring (bicyclic) bond motifs is 1. The third-order valence-electron chi connectivity index (χ3n) is 3.96. The minimum atomic E-state index is -0.437. The van der Waals surface area contributed by atoms with E-state index in [0.717, 1.165) is 19.7 Å². The van der Waals surface area contributed by atoms with E-state index in [-0.39, 0.29) is 5.56 Å². The molecular formula is C19H12N4OS3. The quantitative estimate of drug-likeness (QED) is 0.298. The largest absolute Gasteiger partial charge is 0.313 e. The van der Waals surface area contributed by atoms with E-state index in [1.807, 2.05) is 65.2 Å². The number of rotatable bonds is 4. The summed E-state index contributed by atoms with van der Waals surface area (Å²) < 4.78 is 3.90. The first kappa shape index (κ1) is 17.7. The van der Waals surface area contributed by atoms with Crippen molar-refractivity contribution in [1.82, 2.24) is 14.5 Å². The number of hydrogen-bond acceptors (Lipinski definition) is 6. The zero-order valence-corrected chi connectivity index (χ0v) is 16.3. The first-order valence-corrected chi connectivity index (χ1v) is 10.2. The second kappa shape index (κ2) is 7.48. The molecule has 27 heavy (non-hydrogen) atoms. The lowest BCUT2D eigenvalue weighted by Gasteiger charge is -2.07. The predicted octanol–water partition coefficient (Wildman–Crippen LogP) is 4.80. The highest BCUT2D eigenvalue weighted by atomic mass is 32.2. The molecular weight excluding hydrogens is 396 g/mol. The summed E-state index contributed by atoms with van der Waals surface area (Å²) in [6, 6.07) is 19.2. The highest BCUT2D eigenvalue weighted by molar-refractivity contribution is 7.98. The normalized spacial score (nSPS) is 10.8. The van der Waals surface area contributed by atoms with Gasteiger partial charge in [-0.25, -0.2) is 4.98 Å². The molecule has 0 aliphatic heterocycles. The molecule has 2 aromatic heterocycles. The van der Waals surface area contributed by atoms with E-state index in [1.54, 1.807) is 11.3 Å². The lowest BCUT2D eigenvalue weighted by Crippen LogP contribution is -2.15. The molecule has 8 heteroatoms. The second-order valence-corrected chi connectivity index (χ2v) is 8.22. The summed E-state index contributed by atoms with van der Waals surface area (Å²) in [5, 5.41) is 9.81. The fourth-order valence-corrected chi connectivity index (χ4v) is 5.02. The number of H-pyrrole nitrogens is 1. The minimum Gasteiger partial charge on any atom is -0.313 e. The van der Waals surface area contributed by atoms with Gasteiger partial charge in [-0.15, -0.1) is 11.3 Å². The van der Waals surface area contributed by atoms with Gasteiger partial charge in [0.1, 0.15) is 11.6 Å². The Labute approximate surface area is 168 Å². The van der Waals surface area contributed by atoms with Crippen LogP contribution >= 0.6 is 35.3 Å². The van der Waals surface area contributed by atoms with Crippen LogP contribution in [0.4, 0.5) is 0 Å². The summed E-state index contributed by atoms with van der Waals surface area (Å²) in [4.78, 5) is 19.6. The molecule has 2 aromatic carbocycles. The van der Waals surface area contributed by atoms with Crippen LogP contribution < -0.4 is 5.56 Å². The molecule has 0 saturated heterocycles. The molecule has 4 rings (SSSR count). The first-order valence-electron chi connectivity index (χ1n) is 7.98. The molecule has 0 unspecified atom stereocenters. The van der Waals surface area contributed by atoms with Gasteiger partial charge in [-0.2, -0.15) is 5.26 Å². The fraction of sp³-hybridized carbons (Fsp3) is 0.0526. The fourth-order valence-electron chi connectivity index (χ4n) is 2.69. The predicted molar refractivity (Wildman–Crippen MR) is 112 cm³/mol. The van der Waals surface area contributed by atoms with Crippen molar-refractivity contribution in [3.05, 3.63) is 74.5 Å². The van der Waals surface area contributed by atoms with E-state index >= 15 is 0 Å². The summed E-state index contributed by atoms with van der Waals surface area (Å²) >= 11 is 8.40. The zero-order valence-electron chi connectivity index (χ0n) is 13.9. The summed E-state index contributed by atoms with van der Waals surface area (Å²) in [5.74, 6) is 0.520. The molecule has 132 valence electrons. The molecule has 0 aliphatic rings. The molecule has 2 heterocycles. The highest BCUT2D eigenvalue weighted by Crippen LogP contribution is 2.27. The summed E-state index contributed by atoms with van der Waals surface area (Å²) in [6.45, 7) is 0. The molecule has 1 N–H and O–H groups in total. The van der Waals surface area contributed by atoms with Crippen LogP contribution in [-0.4, -0.2) is 14.5 Å². The molecule has 0 atom stereocenters. The Morgan fingerprint density at radius 2 is 1.93 bits per heavy atom. The Morgan fingerprint density at radius 3 is 2.70 bits per heavy atom. The molecule has 0 amide bonds. The molecule has 5 nitrogen and oxygen atoms in total. The van der Waals surface area contributed by atoms with Crippen LogP contribution in [0.2, 0.25) is 0 Å². The Hall–Kier alpha value is -2.73. The van der Waals surface area contributed by atoms with Gasteiger partial charge in [0.2, 0.25) is 0 Å². The van der Waals surface area contributed by atoms with Crippen molar-refractivity contribution in [1.29, 1.82) is 5.26 Å². The van der Waals surface area contributed by atoms with Gasteiger partial charge in [0, 0.05) is 5.56 Å². The van der Waals surface area contributed by atoms with Crippen molar-refractivity contribution < 1.29 is 0 Å². The van der Waals surface area contributed by atoms with Gasteiger partial charge < -0.3 is 9.55 Å². The smallest absolute Gasteiger partial charge is 0.270 e. The van der Waals surface area contributed by atoms with E-state index < -0.39 is 5.56 Å². The summed E-state index contributed by atoms with van der Waals surface area (Å²) in [5.41, 5.74) is 1.76. The Bertz CT molecular complexity index is 1280. The van der Waals surface area contributed by atoms with E-state index in [1.165, 1.54) is 11.8 Å². The number of nitriles is 1. The topological polar surface area (TPSA) is 74.5 Å². The molecule has 4 aromatic rings. The number of para-hydroxylation sites is 1. The number of thiazole rings is 1. The summed E-state index contributed by atoms with van der Waals surface area (Å²) in [7, 11) is 0. The van der Waals surface area contributed by atoms with Crippen molar-refractivity contribution in [2.75, 3.05) is 0 Å². The van der Waals surface area contributed by atoms with Crippen LogP contribution in [-0.2, 0) is 5.88 Å². The van der Waals surface area contributed by atoms with Crippen LogP contribution in [0.3, 0.4) is 0 Å². The Morgan fingerprint density at radius 1 is 1.19 bits per heavy atom. The van der Waals surface area contributed by atoms with Crippen molar-refractivity contribution in [2.24, 2.45) is 0 Å². The standard InChI is InChI=1S/C19H12N4OS3/c20-10-13-16(12-6-2-1-3-7-12)21-18(22-17(13)24)26-11-23-14-8-4-5-9-15(14)27-19(23)25/h1-9H,11H2,(H,21,22,24). The van der Waals surface area contributed by atoms with Crippen LogP contribution in [0, 0.1) is 15.3 Å². The van der Waals surface area contributed by atoms with Crippen molar-refractivity contribution in [2.45, 2.75) is 11.0 Å². The highest BCUT2D eigenvalue weighted by Gasteiger charge is 2.14. The first-order chi connectivity index (χ1) is 13.2. The number of aromatic amines is 1. The number of hydrogen-bond donors (Lipinski definition) is 1. The van der Waals surface area contributed by atoms with E-state index in [0.29, 0.717) is 16.7 Å². The SMILES string of the molecule is N#Cc1c(-c2ccccc2)nc(SCn2c(=S)sc3ccccc32)[nH]c1=O. The maximum absolute atomic E-state index is 12.3. The minimum absolute atomic E-state index is 0.0168. The van der Waals surface area contributed by atoms with E-state index in [9.17, 15) is 10.1 Å². The van der Waals surface area contributed by atoms with Crippen molar-refractivity contribution >= 4 is 45.5 Å².